The van der Waals surface area contributed by atoms with Gasteiger partial charge in [0.05, 0.1) is 17.6 Å². The number of carboxylic acid groups (broad SMARTS) is 1. The second-order valence-corrected chi connectivity index (χ2v) is 5.84. The zero-order chi connectivity index (χ0) is 15.6. The molecule has 0 spiro atoms. The summed E-state index contributed by atoms with van der Waals surface area (Å²) in [5.74, 6) is -1.13. The maximum absolute atomic E-state index is 11.8. The van der Waals surface area contributed by atoms with E-state index in [0.717, 1.165) is 0 Å². The van der Waals surface area contributed by atoms with Crippen molar-refractivity contribution in [3.05, 3.63) is 23.8 Å². The number of hydrogen-bond acceptors (Lipinski definition) is 4. The average molecular weight is 290 g/mol. The average Bonchev–Trinajstić information content (AvgIpc) is 2.77. The number of nitrogens with one attached hydrogen (secondary N) is 1. The van der Waals surface area contributed by atoms with E-state index in [2.05, 4.69) is 15.6 Å². The first kappa shape index (κ1) is 15.0. The molecule has 7 nitrogen and oxygen atoms in total. The Hall–Kier alpha value is -2.44. The van der Waals surface area contributed by atoms with Crippen molar-refractivity contribution in [1.82, 2.24) is 20.3 Å². The molecule has 0 saturated carbocycles. The van der Waals surface area contributed by atoms with Crippen molar-refractivity contribution < 1.29 is 14.7 Å². The van der Waals surface area contributed by atoms with Gasteiger partial charge in [0.2, 0.25) is 5.91 Å². The molecule has 21 heavy (non-hydrogen) atoms. The smallest absolute Gasteiger partial charge is 0.338 e. The Morgan fingerprint density at radius 3 is 2.67 bits per heavy atom. The number of hydrogen-bond donors (Lipinski definition) is 2. The van der Waals surface area contributed by atoms with Crippen LogP contribution in [-0.2, 0) is 11.3 Å². The molecule has 0 radical (unpaired) electrons. The van der Waals surface area contributed by atoms with Crippen LogP contribution in [0.15, 0.2) is 18.2 Å². The van der Waals surface area contributed by atoms with Crippen LogP contribution in [0.3, 0.4) is 0 Å². The van der Waals surface area contributed by atoms with E-state index in [4.69, 9.17) is 5.11 Å². The fraction of sp³-hybridized carbons (Fsp3) is 0.429. The van der Waals surface area contributed by atoms with E-state index in [1.807, 2.05) is 20.8 Å². The van der Waals surface area contributed by atoms with Crippen LogP contribution in [0.25, 0.3) is 11.0 Å². The van der Waals surface area contributed by atoms with Gasteiger partial charge in [0.15, 0.2) is 0 Å². The summed E-state index contributed by atoms with van der Waals surface area (Å²) in [5.41, 5.74) is 0.774. The minimum Gasteiger partial charge on any atom is -0.478 e. The summed E-state index contributed by atoms with van der Waals surface area (Å²) >= 11 is 0. The molecule has 7 heteroatoms. The van der Waals surface area contributed by atoms with Gasteiger partial charge >= 0.3 is 5.97 Å². The number of benzene rings is 1. The Morgan fingerprint density at radius 2 is 2.05 bits per heavy atom. The molecule has 0 aliphatic heterocycles. The van der Waals surface area contributed by atoms with Crippen LogP contribution in [-0.4, -0.2) is 37.5 Å². The Balaban J connectivity index is 2.15. The Morgan fingerprint density at radius 1 is 1.33 bits per heavy atom. The Labute approximate surface area is 121 Å². The van der Waals surface area contributed by atoms with E-state index in [1.165, 1.54) is 6.07 Å². The number of aryl methyl sites for hydroxylation is 1. The predicted molar refractivity (Wildman–Crippen MR) is 77.0 cm³/mol. The number of aromatic carboxylic acids is 1. The number of carbonyl (C=O) groups excluding carboxylic acids is 1. The predicted octanol–water partition coefficient (Wildman–Crippen LogP) is 1.43. The molecule has 2 rings (SSSR count). The van der Waals surface area contributed by atoms with Crippen molar-refractivity contribution in [2.45, 2.75) is 39.3 Å². The molecule has 0 unspecified atom stereocenters. The molecular weight excluding hydrogens is 272 g/mol. The third-order valence-electron chi connectivity index (χ3n) is 2.84. The number of carboxylic acids is 1. The van der Waals surface area contributed by atoms with Gasteiger partial charge in [-0.15, -0.1) is 5.10 Å². The zero-order valence-electron chi connectivity index (χ0n) is 12.3. The molecule has 1 amide bonds. The lowest BCUT2D eigenvalue weighted by Gasteiger charge is -2.20. The first-order valence-electron chi connectivity index (χ1n) is 6.64. The maximum atomic E-state index is 11.8. The van der Waals surface area contributed by atoms with Gasteiger partial charge in [-0.2, -0.15) is 0 Å². The molecular formula is C14H18N4O3. The summed E-state index contributed by atoms with van der Waals surface area (Å²) in [5, 5.41) is 19.8. The summed E-state index contributed by atoms with van der Waals surface area (Å²) in [6.45, 7) is 6.08. The summed E-state index contributed by atoms with van der Waals surface area (Å²) in [7, 11) is 0. The molecule has 0 aliphatic carbocycles. The SMILES string of the molecule is CC(C)(C)NC(=O)CCn1nnc2c(C(=O)O)cccc21. The molecule has 2 aromatic rings. The van der Waals surface area contributed by atoms with Crippen LogP contribution in [0.5, 0.6) is 0 Å². The summed E-state index contributed by atoms with van der Waals surface area (Å²) < 4.78 is 1.55. The third kappa shape index (κ3) is 3.56. The summed E-state index contributed by atoms with van der Waals surface area (Å²) in [6.07, 6.45) is 0.257. The fourth-order valence-electron chi connectivity index (χ4n) is 2.02. The number of nitrogens with zero attached hydrogens (tertiary/aromatic N) is 3. The molecule has 2 N–H and O–H groups in total. The largest absolute Gasteiger partial charge is 0.478 e. The van der Waals surface area contributed by atoms with Crippen LogP contribution >= 0.6 is 0 Å². The van der Waals surface area contributed by atoms with Crippen molar-refractivity contribution in [3.63, 3.8) is 0 Å². The molecule has 0 saturated heterocycles. The molecule has 0 bridgehead atoms. The minimum absolute atomic E-state index is 0.0828. The molecule has 0 atom stereocenters. The van der Waals surface area contributed by atoms with Gasteiger partial charge < -0.3 is 10.4 Å². The van der Waals surface area contributed by atoms with Gasteiger partial charge in [-0.1, -0.05) is 11.3 Å². The number of fused-ring (bicyclic) bond motifs is 1. The van der Waals surface area contributed by atoms with Crippen LogP contribution in [0.2, 0.25) is 0 Å². The highest BCUT2D eigenvalue weighted by Gasteiger charge is 2.16. The second-order valence-electron chi connectivity index (χ2n) is 5.84. The van der Waals surface area contributed by atoms with Crippen LogP contribution < -0.4 is 5.32 Å². The fourth-order valence-corrected chi connectivity index (χ4v) is 2.02. The van der Waals surface area contributed by atoms with Crippen molar-refractivity contribution in [1.29, 1.82) is 0 Å². The van der Waals surface area contributed by atoms with E-state index < -0.39 is 5.97 Å². The van der Waals surface area contributed by atoms with Crippen molar-refractivity contribution in [2.75, 3.05) is 0 Å². The van der Waals surface area contributed by atoms with Crippen molar-refractivity contribution in [3.8, 4) is 0 Å². The third-order valence-corrected chi connectivity index (χ3v) is 2.84. The van der Waals surface area contributed by atoms with Gasteiger partial charge in [-0.25, -0.2) is 9.48 Å². The lowest BCUT2D eigenvalue weighted by atomic mass is 10.1. The van der Waals surface area contributed by atoms with Gasteiger partial charge in [0, 0.05) is 12.0 Å². The number of aromatic nitrogens is 3. The van der Waals surface area contributed by atoms with E-state index in [1.54, 1.807) is 16.8 Å². The van der Waals surface area contributed by atoms with E-state index in [-0.39, 0.29) is 23.4 Å². The first-order chi connectivity index (χ1) is 9.78. The maximum Gasteiger partial charge on any atom is 0.338 e. The molecule has 0 fully saturated rings. The van der Waals surface area contributed by atoms with Gasteiger partial charge in [0.25, 0.3) is 0 Å². The highest BCUT2D eigenvalue weighted by molar-refractivity contribution is 6.00. The monoisotopic (exact) mass is 290 g/mol. The quantitative estimate of drug-likeness (QED) is 0.888. The number of carbonyl (C=O) groups is 2. The molecule has 0 aliphatic rings. The van der Waals surface area contributed by atoms with Crippen molar-refractivity contribution in [2.24, 2.45) is 0 Å². The standard InChI is InChI=1S/C14H18N4O3/c1-14(2,3)15-11(19)7-8-18-10-6-4-5-9(13(20)21)12(10)16-17-18/h4-6H,7-8H2,1-3H3,(H,15,19)(H,20,21). The lowest BCUT2D eigenvalue weighted by molar-refractivity contribution is -0.122. The van der Waals surface area contributed by atoms with E-state index in [0.29, 0.717) is 17.6 Å². The van der Waals surface area contributed by atoms with Gasteiger partial charge in [0.1, 0.15) is 5.52 Å². The second kappa shape index (κ2) is 5.51. The summed E-state index contributed by atoms with van der Waals surface area (Å²) in [6, 6.07) is 4.86. The molecule has 112 valence electrons. The summed E-state index contributed by atoms with van der Waals surface area (Å²) in [4.78, 5) is 22.9. The topological polar surface area (TPSA) is 97.1 Å². The normalized spacial score (nSPS) is 11.6. The lowest BCUT2D eigenvalue weighted by Crippen LogP contribution is -2.40. The van der Waals surface area contributed by atoms with Crippen LogP contribution in [0, 0.1) is 0 Å². The number of amides is 1. The molecule has 1 aromatic carbocycles. The Bertz CT molecular complexity index is 685. The van der Waals surface area contributed by atoms with Gasteiger partial charge in [-0.05, 0) is 32.9 Å². The minimum atomic E-state index is -1.04. The van der Waals surface area contributed by atoms with E-state index >= 15 is 0 Å². The highest BCUT2D eigenvalue weighted by Crippen LogP contribution is 2.16. The highest BCUT2D eigenvalue weighted by atomic mass is 16.4. The Kier molecular flexibility index (Phi) is 3.93. The zero-order valence-corrected chi connectivity index (χ0v) is 12.3. The molecule has 1 heterocycles. The van der Waals surface area contributed by atoms with Gasteiger partial charge in [-0.3, -0.25) is 4.79 Å². The first-order valence-corrected chi connectivity index (χ1v) is 6.64. The van der Waals surface area contributed by atoms with Crippen molar-refractivity contribution >= 4 is 22.9 Å². The van der Waals surface area contributed by atoms with Crippen LogP contribution in [0.1, 0.15) is 37.6 Å². The van der Waals surface area contributed by atoms with Crippen LogP contribution in [0.4, 0.5) is 0 Å². The molecule has 1 aromatic heterocycles. The van der Waals surface area contributed by atoms with E-state index in [9.17, 15) is 9.59 Å². The number of rotatable bonds is 4.